The fraction of sp³-hybridized carbons (Fsp3) is 0.261. The molecule has 168 valence electrons. The second kappa shape index (κ2) is 9.21. The molecule has 4 aromatic rings. The molecule has 5 heterocycles. The number of hydrogen-bond donors (Lipinski definition) is 1. The van der Waals surface area contributed by atoms with Crippen LogP contribution >= 0.6 is 0 Å². The topological polar surface area (TPSA) is 103 Å². The van der Waals surface area contributed by atoms with Gasteiger partial charge in [0.15, 0.2) is 11.6 Å². The van der Waals surface area contributed by atoms with Crippen LogP contribution in [0.15, 0.2) is 55.1 Å². The van der Waals surface area contributed by atoms with Gasteiger partial charge in [-0.15, -0.1) is 0 Å². The molecule has 0 atom stereocenters. The Morgan fingerprint density at radius 1 is 1.06 bits per heavy atom. The molecule has 0 amide bonds. The van der Waals surface area contributed by atoms with Crippen LogP contribution < -0.4 is 15.0 Å². The first-order valence-electron chi connectivity index (χ1n) is 10.6. The summed E-state index contributed by atoms with van der Waals surface area (Å²) in [6.07, 6.45) is 7.11. The number of rotatable bonds is 6. The predicted octanol–water partition coefficient (Wildman–Crippen LogP) is 2.92. The summed E-state index contributed by atoms with van der Waals surface area (Å²) in [6.45, 7) is 2.70. The maximum atomic E-state index is 5.80. The van der Waals surface area contributed by atoms with Crippen molar-refractivity contribution in [2.45, 2.75) is 0 Å². The molecule has 0 unspecified atom stereocenters. The van der Waals surface area contributed by atoms with Crippen LogP contribution in [0.2, 0.25) is 0 Å². The molecule has 1 N–H and O–H groups in total. The van der Waals surface area contributed by atoms with Crippen molar-refractivity contribution in [3.8, 4) is 28.4 Å². The highest BCUT2D eigenvalue weighted by molar-refractivity contribution is 5.78. The van der Waals surface area contributed by atoms with Gasteiger partial charge in [-0.3, -0.25) is 14.6 Å². The van der Waals surface area contributed by atoms with Crippen LogP contribution in [0.1, 0.15) is 0 Å². The van der Waals surface area contributed by atoms with Gasteiger partial charge in [0.05, 0.1) is 37.9 Å². The van der Waals surface area contributed by atoms with Gasteiger partial charge < -0.3 is 19.7 Å². The highest BCUT2D eigenvalue weighted by atomic mass is 16.5. The van der Waals surface area contributed by atoms with E-state index in [0.29, 0.717) is 49.5 Å². The van der Waals surface area contributed by atoms with Crippen molar-refractivity contribution in [2.24, 2.45) is 7.05 Å². The Kier molecular flexibility index (Phi) is 5.81. The summed E-state index contributed by atoms with van der Waals surface area (Å²) in [6, 6.07) is 9.59. The van der Waals surface area contributed by atoms with Crippen LogP contribution in [0.4, 0.5) is 17.5 Å². The molecule has 0 bridgehead atoms. The van der Waals surface area contributed by atoms with Gasteiger partial charge in [-0.1, -0.05) is 0 Å². The zero-order chi connectivity index (χ0) is 22.6. The van der Waals surface area contributed by atoms with Crippen LogP contribution in [0.5, 0.6) is 5.75 Å². The molecule has 1 aliphatic rings. The summed E-state index contributed by atoms with van der Waals surface area (Å²) in [7, 11) is 3.50. The quantitative estimate of drug-likeness (QED) is 0.481. The highest BCUT2D eigenvalue weighted by Crippen LogP contribution is 2.37. The number of anilines is 3. The molecular weight excluding hydrogens is 420 g/mol. The Labute approximate surface area is 191 Å². The van der Waals surface area contributed by atoms with E-state index in [1.54, 1.807) is 30.4 Å². The fourth-order valence-corrected chi connectivity index (χ4v) is 3.66. The number of methoxy groups -OCH3 is 1. The minimum atomic E-state index is 0.536. The molecule has 0 aliphatic carbocycles. The first-order valence-corrected chi connectivity index (χ1v) is 10.6. The van der Waals surface area contributed by atoms with E-state index in [2.05, 4.69) is 25.3 Å². The van der Waals surface area contributed by atoms with Crippen LogP contribution in [0.25, 0.3) is 22.6 Å². The van der Waals surface area contributed by atoms with Crippen LogP contribution in [-0.2, 0) is 11.8 Å². The lowest BCUT2D eigenvalue weighted by Gasteiger charge is -2.28. The molecule has 0 radical (unpaired) electrons. The average molecular weight is 444 g/mol. The smallest absolute Gasteiger partial charge is 0.228 e. The summed E-state index contributed by atoms with van der Waals surface area (Å²) >= 11 is 0. The first-order chi connectivity index (χ1) is 16.2. The van der Waals surface area contributed by atoms with Crippen molar-refractivity contribution in [1.82, 2.24) is 29.7 Å². The third-order valence-electron chi connectivity index (χ3n) is 5.29. The number of morpholine rings is 1. The molecule has 10 nitrogen and oxygen atoms in total. The third kappa shape index (κ3) is 4.46. The lowest BCUT2D eigenvalue weighted by Crippen LogP contribution is -2.37. The van der Waals surface area contributed by atoms with E-state index in [9.17, 15) is 0 Å². The molecule has 4 aromatic heterocycles. The Bertz CT molecular complexity index is 1240. The number of hydrogen-bond acceptors (Lipinski definition) is 9. The van der Waals surface area contributed by atoms with E-state index in [0.717, 1.165) is 22.6 Å². The lowest BCUT2D eigenvalue weighted by molar-refractivity contribution is 0.122. The van der Waals surface area contributed by atoms with Crippen LogP contribution in [0.3, 0.4) is 0 Å². The number of nitrogens with one attached hydrogen (secondary N) is 1. The van der Waals surface area contributed by atoms with Crippen molar-refractivity contribution in [3.63, 3.8) is 0 Å². The van der Waals surface area contributed by atoms with Gasteiger partial charge in [-0.2, -0.15) is 10.1 Å². The molecule has 10 heteroatoms. The number of aryl methyl sites for hydroxylation is 1. The maximum absolute atomic E-state index is 5.80. The SMILES string of the molecule is COc1c(Nc2cccnc2)nc(N2CCOCC2)nc1-c1ccnc(-c2ccn(C)n2)c1. The molecule has 1 saturated heterocycles. The van der Waals surface area contributed by atoms with Gasteiger partial charge >= 0.3 is 0 Å². The molecule has 1 fully saturated rings. The first kappa shape index (κ1) is 20.8. The average Bonchev–Trinajstić information content (AvgIpc) is 3.31. The largest absolute Gasteiger partial charge is 0.491 e. The van der Waals surface area contributed by atoms with Crippen molar-refractivity contribution in [3.05, 3.63) is 55.1 Å². The number of pyridine rings is 2. The van der Waals surface area contributed by atoms with Gasteiger partial charge in [-0.25, -0.2) is 4.98 Å². The molecule has 0 spiro atoms. The van der Waals surface area contributed by atoms with Gasteiger partial charge in [0.25, 0.3) is 0 Å². The third-order valence-corrected chi connectivity index (χ3v) is 5.29. The minimum absolute atomic E-state index is 0.536. The highest BCUT2D eigenvalue weighted by Gasteiger charge is 2.22. The van der Waals surface area contributed by atoms with Gasteiger partial charge in [0, 0.05) is 44.3 Å². The molecule has 0 aromatic carbocycles. The van der Waals surface area contributed by atoms with E-state index in [1.165, 1.54) is 0 Å². The van der Waals surface area contributed by atoms with Crippen molar-refractivity contribution < 1.29 is 9.47 Å². The number of aromatic nitrogens is 6. The molecule has 1 aliphatic heterocycles. The second-order valence-corrected chi connectivity index (χ2v) is 7.52. The Balaban J connectivity index is 1.63. The van der Waals surface area contributed by atoms with E-state index in [1.807, 2.05) is 43.6 Å². The maximum Gasteiger partial charge on any atom is 0.228 e. The van der Waals surface area contributed by atoms with Crippen molar-refractivity contribution in [1.29, 1.82) is 0 Å². The second-order valence-electron chi connectivity index (χ2n) is 7.52. The zero-order valence-electron chi connectivity index (χ0n) is 18.5. The molecule has 5 rings (SSSR count). The van der Waals surface area contributed by atoms with E-state index in [4.69, 9.17) is 19.4 Å². The fourth-order valence-electron chi connectivity index (χ4n) is 3.66. The zero-order valence-corrected chi connectivity index (χ0v) is 18.5. The normalized spacial score (nSPS) is 13.7. The Morgan fingerprint density at radius 2 is 1.94 bits per heavy atom. The monoisotopic (exact) mass is 444 g/mol. The van der Waals surface area contributed by atoms with E-state index < -0.39 is 0 Å². The summed E-state index contributed by atoms with van der Waals surface area (Å²) in [5, 5.41) is 7.81. The molecule has 33 heavy (non-hydrogen) atoms. The Morgan fingerprint density at radius 3 is 2.67 bits per heavy atom. The van der Waals surface area contributed by atoms with Gasteiger partial charge in [0.2, 0.25) is 5.95 Å². The van der Waals surface area contributed by atoms with E-state index >= 15 is 0 Å². The summed E-state index contributed by atoms with van der Waals surface area (Å²) < 4.78 is 13.1. The standard InChI is InChI=1S/C23H24N8O2/c1-30-9-6-18(29-30)19-14-16(5-8-25-19)20-21(32-2)22(26-17-4-3-7-24-15-17)28-23(27-20)31-10-12-33-13-11-31/h3-9,14-15H,10-13H2,1-2H3,(H,26,27,28). The van der Waals surface area contributed by atoms with Crippen molar-refractivity contribution in [2.75, 3.05) is 43.6 Å². The summed E-state index contributed by atoms with van der Waals surface area (Å²) in [5.41, 5.74) is 3.86. The summed E-state index contributed by atoms with van der Waals surface area (Å²) in [5.74, 6) is 1.71. The van der Waals surface area contributed by atoms with Gasteiger partial charge in [-0.05, 0) is 30.3 Å². The summed E-state index contributed by atoms with van der Waals surface area (Å²) in [4.78, 5) is 20.5. The molecular formula is C23H24N8O2. The van der Waals surface area contributed by atoms with E-state index in [-0.39, 0.29) is 0 Å². The van der Waals surface area contributed by atoms with Crippen LogP contribution in [0, 0.1) is 0 Å². The lowest BCUT2D eigenvalue weighted by atomic mass is 10.1. The Hall–Kier alpha value is -4.05. The minimum Gasteiger partial charge on any atom is -0.491 e. The number of ether oxygens (including phenoxy) is 2. The molecule has 0 saturated carbocycles. The number of nitrogens with zero attached hydrogens (tertiary/aromatic N) is 7. The predicted molar refractivity (Wildman–Crippen MR) is 125 cm³/mol. The van der Waals surface area contributed by atoms with Gasteiger partial charge in [0.1, 0.15) is 11.4 Å². The van der Waals surface area contributed by atoms with Crippen LogP contribution in [-0.4, -0.2) is 63.1 Å². The van der Waals surface area contributed by atoms with Crippen molar-refractivity contribution >= 4 is 17.5 Å².